The number of amides is 1. The van der Waals surface area contributed by atoms with Crippen molar-refractivity contribution in [3.8, 4) is 0 Å². The standard InChI is InChI=1S/C16H26N2O2S/c1-12(14-7-6-10-21-14)17(5)13-8-9-18(11-13)15(19)20-16(2,3)4/h6-7,10,12-13H,8-9,11H2,1-5H3/t12?,13-/m0/s1. The van der Waals surface area contributed by atoms with Crippen LogP contribution in [0.5, 0.6) is 0 Å². The molecule has 0 aliphatic carbocycles. The molecule has 1 aliphatic heterocycles. The zero-order valence-electron chi connectivity index (χ0n) is 13.6. The van der Waals surface area contributed by atoms with Crippen LogP contribution in [0.3, 0.4) is 0 Å². The molecule has 1 fully saturated rings. The lowest BCUT2D eigenvalue weighted by Gasteiger charge is -2.30. The van der Waals surface area contributed by atoms with Gasteiger partial charge in [-0.3, -0.25) is 4.90 Å². The summed E-state index contributed by atoms with van der Waals surface area (Å²) in [6, 6.07) is 5.04. The fraction of sp³-hybridized carbons (Fsp3) is 0.688. The average molecular weight is 310 g/mol. The summed E-state index contributed by atoms with van der Waals surface area (Å²) in [4.78, 5) is 17.7. The van der Waals surface area contributed by atoms with E-state index in [1.165, 1.54) is 4.88 Å². The van der Waals surface area contributed by atoms with Crippen molar-refractivity contribution in [1.29, 1.82) is 0 Å². The van der Waals surface area contributed by atoms with Crippen molar-refractivity contribution in [2.45, 2.75) is 51.8 Å². The maximum absolute atomic E-state index is 12.1. The van der Waals surface area contributed by atoms with Gasteiger partial charge in [-0.1, -0.05) is 6.07 Å². The van der Waals surface area contributed by atoms with Gasteiger partial charge >= 0.3 is 6.09 Å². The number of likely N-dealkylation sites (N-methyl/N-ethyl adjacent to an activating group) is 1. The van der Waals surface area contributed by atoms with Crippen LogP contribution in [0.15, 0.2) is 17.5 Å². The predicted molar refractivity (Wildman–Crippen MR) is 86.7 cm³/mol. The number of likely N-dealkylation sites (tertiary alicyclic amines) is 1. The van der Waals surface area contributed by atoms with Crippen LogP contribution < -0.4 is 0 Å². The van der Waals surface area contributed by atoms with Gasteiger partial charge in [-0.2, -0.15) is 0 Å². The highest BCUT2D eigenvalue weighted by atomic mass is 32.1. The predicted octanol–water partition coefficient (Wildman–Crippen LogP) is 3.75. The summed E-state index contributed by atoms with van der Waals surface area (Å²) in [6.45, 7) is 9.47. The SMILES string of the molecule is CC(c1cccs1)N(C)[C@H]1CCN(C(=O)OC(C)(C)C)C1. The molecule has 1 aromatic heterocycles. The van der Waals surface area contributed by atoms with Gasteiger partial charge < -0.3 is 9.64 Å². The first-order valence-electron chi connectivity index (χ1n) is 7.51. The van der Waals surface area contributed by atoms with Gasteiger partial charge in [0.05, 0.1) is 0 Å². The molecule has 0 radical (unpaired) electrons. The quantitative estimate of drug-likeness (QED) is 0.852. The van der Waals surface area contributed by atoms with Crippen LogP contribution in [0.4, 0.5) is 4.79 Å². The molecule has 1 unspecified atom stereocenters. The van der Waals surface area contributed by atoms with Crippen LogP contribution >= 0.6 is 11.3 Å². The van der Waals surface area contributed by atoms with Crippen molar-refractivity contribution < 1.29 is 9.53 Å². The topological polar surface area (TPSA) is 32.8 Å². The molecule has 0 saturated carbocycles. The minimum Gasteiger partial charge on any atom is -0.444 e. The number of rotatable bonds is 3. The molecule has 2 heterocycles. The Kier molecular flexibility index (Phi) is 4.94. The van der Waals surface area contributed by atoms with Gasteiger partial charge in [-0.25, -0.2) is 4.79 Å². The van der Waals surface area contributed by atoms with Gasteiger partial charge in [0.15, 0.2) is 0 Å². The van der Waals surface area contributed by atoms with E-state index in [0.29, 0.717) is 12.1 Å². The third-order valence-corrected chi connectivity index (χ3v) is 5.00. The summed E-state index contributed by atoms with van der Waals surface area (Å²) in [7, 11) is 2.15. The van der Waals surface area contributed by atoms with Gasteiger partial charge in [0.2, 0.25) is 0 Å². The van der Waals surface area contributed by atoms with Crippen molar-refractivity contribution in [3.63, 3.8) is 0 Å². The molecular formula is C16H26N2O2S. The summed E-state index contributed by atoms with van der Waals surface area (Å²) in [5, 5.41) is 2.11. The molecule has 1 aromatic rings. The highest BCUT2D eigenvalue weighted by Gasteiger charge is 2.33. The van der Waals surface area contributed by atoms with Crippen LogP contribution in [0, 0.1) is 0 Å². The number of ether oxygens (including phenoxy) is 1. The lowest BCUT2D eigenvalue weighted by Crippen LogP contribution is -2.39. The second-order valence-electron chi connectivity index (χ2n) is 6.73. The van der Waals surface area contributed by atoms with E-state index in [4.69, 9.17) is 4.74 Å². The molecule has 1 aliphatic rings. The number of nitrogens with zero attached hydrogens (tertiary/aromatic N) is 2. The van der Waals surface area contributed by atoms with Crippen LogP contribution in [0.2, 0.25) is 0 Å². The zero-order chi connectivity index (χ0) is 15.6. The number of hydrogen-bond donors (Lipinski definition) is 0. The second-order valence-corrected chi connectivity index (χ2v) is 7.70. The number of carbonyl (C=O) groups is 1. The van der Waals surface area contributed by atoms with E-state index in [-0.39, 0.29) is 6.09 Å². The molecule has 118 valence electrons. The molecule has 4 nitrogen and oxygen atoms in total. The Morgan fingerprint density at radius 2 is 2.24 bits per heavy atom. The molecule has 0 spiro atoms. The van der Waals surface area contributed by atoms with E-state index >= 15 is 0 Å². The molecule has 0 aromatic carbocycles. The van der Waals surface area contributed by atoms with Crippen molar-refractivity contribution in [1.82, 2.24) is 9.80 Å². The Balaban J connectivity index is 1.91. The summed E-state index contributed by atoms with van der Waals surface area (Å²) in [5.41, 5.74) is -0.425. The van der Waals surface area contributed by atoms with Crippen molar-refractivity contribution in [3.05, 3.63) is 22.4 Å². The highest BCUT2D eigenvalue weighted by molar-refractivity contribution is 7.10. The first kappa shape index (κ1) is 16.3. The molecule has 2 rings (SSSR count). The number of thiophene rings is 1. The fourth-order valence-electron chi connectivity index (χ4n) is 2.61. The molecule has 0 bridgehead atoms. The second kappa shape index (κ2) is 6.36. The lowest BCUT2D eigenvalue weighted by atomic mass is 10.1. The van der Waals surface area contributed by atoms with Crippen LogP contribution in [0.1, 0.15) is 45.0 Å². The molecule has 2 atom stereocenters. The Bertz CT molecular complexity index is 467. The summed E-state index contributed by atoms with van der Waals surface area (Å²) in [6.07, 6.45) is 0.813. The van der Waals surface area contributed by atoms with E-state index < -0.39 is 5.60 Å². The Labute approximate surface area is 131 Å². The number of carbonyl (C=O) groups excluding carboxylic acids is 1. The monoisotopic (exact) mass is 310 g/mol. The van der Waals surface area contributed by atoms with Crippen molar-refractivity contribution in [2.24, 2.45) is 0 Å². The molecule has 1 saturated heterocycles. The van der Waals surface area contributed by atoms with Crippen LogP contribution in [-0.2, 0) is 4.74 Å². The molecule has 21 heavy (non-hydrogen) atoms. The van der Waals surface area contributed by atoms with E-state index in [0.717, 1.165) is 19.5 Å². The normalized spacial score (nSPS) is 20.9. The highest BCUT2D eigenvalue weighted by Crippen LogP contribution is 2.28. The maximum atomic E-state index is 12.1. The van der Waals surface area contributed by atoms with Gasteiger partial charge in [0, 0.05) is 30.1 Å². The van der Waals surface area contributed by atoms with Crippen molar-refractivity contribution >= 4 is 17.4 Å². The summed E-state index contributed by atoms with van der Waals surface area (Å²) in [5.74, 6) is 0. The first-order chi connectivity index (χ1) is 9.78. The van der Waals surface area contributed by atoms with Crippen LogP contribution in [-0.4, -0.2) is 47.7 Å². The molecule has 1 amide bonds. The lowest BCUT2D eigenvalue weighted by molar-refractivity contribution is 0.0278. The minimum absolute atomic E-state index is 0.192. The van der Waals surface area contributed by atoms with E-state index in [1.54, 1.807) is 11.3 Å². The van der Waals surface area contributed by atoms with Gasteiger partial charge in [-0.15, -0.1) is 11.3 Å². The first-order valence-corrected chi connectivity index (χ1v) is 8.39. The number of hydrogen-bond acceptors (Lipinski definition) is 4. The minimum atomic E-state index is -0.425. The molecule has 5 heteroatoms. The summed E-state index contributed by atoms with van der Waals surface area (Å²) >= 11 is 1.79. The van der Waals surface area contributed by atoms with Gasteiger partial charge in [-0.05, 0) is 52.6 Å². The Morgan fingerprint density at radius 3 is 2.81 bits per heavy atom. The zero-order valence-corrected chi connectivity index (χ0v) is 14.4. The average Bonchev–Trinajstić information content (AvgIpc) is 3.06. The van der Waals surface area contributed by atoms with Gasteiger partial charge in [0.1, 0.15) is 5.60 Å². The smallest absolute Gasteiger partial charge is 0.410 e. The Morgan fingerprint density at radius 1 is 1.52 bits per heavy atom. The molecular weight excluding hydrogens is 284 g/mol. The third-order valence-electron chi connectivity index (χ3n) is 3.96. The maximum Gasteiger partial charge on any atom is 0.410 e. The largest absolute Gasteiger partial charge is 0.444 e. The Hall–Kier alpha value is -1.07. The summed E-state index contributed by atoms with van der Waals surface area (Å²) < 4.78 is 5.45. The van der Waals surface area contributed by atoms with Crippen molar-refractivity contribution in [2.75, 3.05) is 20.1 Å². The third kappa shape index (κ3) is 4.20. The van der Waals surface area contributed by atoms with Crippen LogP contribution in [0.25, 0.3) is 0 Å². The molecule has 0 N–H and O–H groups in total. The fourth-order valence-corrected chi connectivity index (χ4v) is 3.45. The van der Waals surface area contributed by atoms with Gasteiger partial charge in [0.25, 0.3) is 0 Å². The van der Waals surface area contributed by atoms with E-state index in [2.05, 4.69) is 36.4 Å². The van der Waals surface area contributed by atoms with E-state index in [1.807, 2.05) is 25.7 Å². The van der Waals surface area contributed by atoms with E-state index in [9.17, 15) is 4.79 Å².